The number of hydrogen-bond donors (Lipinski definition) is 1. The number of aliphatic hydroxyl groups is 1. The first-order valence-corrected chi connectivity index (χ1v) is 10.4. The molecule has 1 heterocycles. The van der Waals surface area contributed by atoms with E-state index in [1.165, 1.54) is 4.90 Å². The van der Waals surface area contributed by atoms with E-state index in [0.717, 1.165) is 11.1 Å². The van der Waals surface area contributed by atoms with Crippen molar-refractivity contribution < 1.29 is 24.2 Å². The third kappa shape index (κ3) is 3.89. The molecule has 2 aromatic rings. The van der Waals surface area contributed by atoms with Crippen LogP contribution in [-0.4, -0.2) is 46.1 Å². The van der Waals surface area contributed by atoms with E-state index in [1.54, 1.807) is 0 Å². The lowest BCUT2D eigenvalue weighted by Crippen LogP contribution is -2.50. The van der Waals surface area contributed by atoms with Gasteiger partial charge in [-0.3, -0.25) is 4.79 Å². The predicted octanol–water partition coefficient (Wildman–Crippen LogP) is 3.12. The van der Waals surface area contributed by atoms with Crippen LogP contribution in [0, 0.1) is 11.3 Å². The fourth-order valence-electron chi connectivity index (χ4n) is 3.99. The summed E-state index contributed by atoms with van der Waals surface area (Å²) in [6.45, 7) is 0.585. The molecular weight excluding hydrogens is 438 g/mol. The Morgan fingerprint density at radius 3 is 2.14 bits per heavy atom. The van der Waals surface area contributed by atoms with Crippen LogP contribution in [0.3, 0.4) is 0 Å². The van der Waals surface area contributed by atoms with Gasteiger partial charge in [0.2, 0.25) is 0 Å². The maximum atomic E-state index is 12.9. The lowest BCUT2D eigenvalue weighted by molar-refractivity contribution is -0.155. The van der Waals surface area contributed by atoms with E-state index in [2.05, 4.69) is 15.9 Å². The van der Waals surface area contributed by atoms with Crippen LogP contribution in [0.2, 0.25) is 0 Å². The van der Waals surface area contributed by atoms with Gasteiger partial charge >= 0.3 is 12.1 Å². The van der Waals surface area contributed by atoms with E-state index < -0.39 is 23.6 Å². The number of likely N-dealkylation sites (tertiary alicyclic amines) is 1. The van der Waals surface area contributed by atoms with Crippen molar-refractivity contribution >= 4 is 28.0 Å². The van der Waals surface area contributed by atoms with Gasteiger partial charge in [0.05, 0.1) is 12.6 Å². The standard InChI is InChI=1S/C22H22BrNO5/c23-19-18-17(25)11-24(21(27)29-13-16-9-5-2-6-10-16)14-22(18,19)20(26)28-12-15-7-3-1-4-8-15/h1-10,17-19,25H,11-14H2. The Bertz CT molecular complexity index is 877. The maximum absolute atomic E-state index is 12.9. The monoisotopic (exact) mass is 459 g/mol. The second-order valence-corrected chi connectivity index (χ2v) is 8.50. The predicted molar refractivity (Wildman–Crippen MR) is 109 cm³/mol. The molecule has 0 radical (unpaired) electrons. The van der Waals surface area contributed by atoms with E-state index in [4.69, 9.17) is 9.47 Å². The minimum Gasteiger partial charge on any atom is -0.460 e. The molecule has 2 aromatic carbocycles. The summed E-state index contributed by atoms with van der Waals surface area (Å²) in [7, 11) is 0. The van der Waals surface area contributed by atoms with Gasteiger partial charge in [-0.05, 0) is 11.1 Å². The van der Waals surface area contributed by atoms with Gasteiger partial charge in [0.25, 0.3) is 0 Å². The number of nitrogens with zero attached hydrogens (tertiary/aromatic N) is 1. The van der Waals surface area contributed by atoms with Crippen molar-refractivity contribution in [3.63, 3.8) is 0 Å². The number of β-amino-alcohol motifs (C(OH)–C–C–N with tert-alkyl or cyclic N) is 1. The highest BCUT2D eigenvalue weighted by atomic mass is 79.9. The van der Waals surface area contributed by atoms with Crippen molar-refractivity contribution in [3.8, 4) is 0 Å². The lowest BCUT2D eigenvalue weighted by Gasteiger charge is -2.33. The molecule has 2 fully saturated rings. The van der Waals surface area contributed by atoms with Gasteiger partial charge < -0.3 is 19.5 Å². The number of fused-ring (bicyclic) bond motifs is 1. The van der Waals surface area contributed by atoms with Gasteiger partial charge in [0.15, 0.2) is 0 Å². The number of rotatable bonds is 5. The zero-order valence-electron chi connectivity index (χ0n) is 15.7. The molecular formula is C22H22BrNO5. The first-order chi connectivity index (χ1) is 14.0. The summed E-state index contributed by atoms with van der Waals surface area (Å²) >= 11 is 3.51. The van der Waals surface area contributed by atoms with Crippen LogP contribution < -0.4 is 0 Å². The molecule has 1 aliphatic carbocycles. The lowest BCUT2D eigenvalue weighted by atomic mass is 9.96. The smallest absolute Gasteiger partial charge is 0.410 e. The van der Waals surface area contributed by atoms with Gasteiger partial charge in [-0.15, -0.1) is 0 Å². The summed E-state index contributed by atoms with van der Waals surface area (Å²) < 4.78 is 10.9. The van der Waals surface area contributed by atoms with Crippen LogP contribution >= 0.6 is 15.9 Å². The summed E-state index contributed by atoms with van der Waals surface area (Å²) in [5.74, 6) is -0.684. The summed E-state index contributed by atoms with van der Waals surface area (Å²) in [6.07, 6.45) is -1.37. The Hall–Kier alpha value is -2.38. The Labute approximate surface area is 177 Å². The summed E-state index contributed by atoms with van der Waals surface area (Å²) in [4.78, 5) is 26.6. The number of carbonyl (C=O) groups is 2. The van der Waals surface area contributed by atoms with Crippen molar-refractivity contribution in [1.29, 1.82) is 0 Å². The molecule has 152 valence electrons. The Kier molecular flexibility index (Phi) is 5.61. The fraction of sp³-hybridized carbons (Fsp3) is 0.364. The van der Waals surface area contributed by atoms with Gasteiger partial charge in [-0.2, -0.15) is 0 Å². The van der Waals surface area contributed by atoms with E-state index in [0.29, 0.717) is 0 Å². The molecule has 0 bridgehead atoms. The van der Waals surface area contributed by atoms with Crippen molar-refractivity contribution in [2.75, 3.05) is 13.1 Å². The first kappa shape index (κ1) is 19.9. The molecule has 0 spiro atoms. The number of carbonyl (C=O) groups excluding carboxylic acids is 2. The number of amides is 1. The van der Waals surface area contributed by atoms with Crippen molar-refractivity contribution in [1.82, 2.24) is 4.90 Å². The van der Waals surface area contributed by atoms with E-state index in [9.17, 15) is 14.7 Å². The van der Waals surface area contributed by atoms with Gasteiger partial charge in [-0.1, -0.05) is 76.6 Å². The number of ether oxygens (including phenoxy) is 2. The number of aliphatic hydroxyl groups excluding tert-OH is 1. The Morgan fingerprint density at radius 1 is 1.00 bits per heavy atom. The van der Waals surface area contributed by atoms with Crippen LogP contribution in [0.1, 0.15) is 11.1 Å². The molecule has 4 atom stereocenters. The molecule has 1 aliphatic heterocycles. The van der Waals surface area contributed by atoms with Crippen molar-refractivity contribution in [2.24, 2.45) is 11.3 Å². The molecule has 1 amide bonds. The average molecular weight is 460 g/mol. The van der Waals surface area contributed by atoms with E-state index >= 15 is 0 Å². The zero-order valence-corrected chi connectivity index (χ0v) is 17.3. The minimum atomic E-state index is -0.946. The zero-order chi connectivity index (χ0) is 20.4. The van der Waals surface area contributed by atoms with E-state index in [-0.39, 0.29) is 37.0 Å². The topological polar surface area (TPSA) is 76.1 Å². The Morgan fingerprint density at radius 2 is 1.55 bits per heavy atom. The van der Waals surface area contributed by atoms with Gasteiger partial charge in [-0.25, -0.2) is 4.79 Å². The number of alkyl halides is 1. The maximum Gasteiger partial charge on any atom is 0.410 e. The molecule has 0 aromatic heterocycles. The summed E-state index contributed by atoms with van der Waals surface area (Å²) in [6, 6.07) is 18.8. The molecule has 6 nitrogen and oxygen atoms in total. The van der Waals surface area contributed by atoms with Crippen LogP contribution in [0.15, 0.2) is 60.7 Å². The Balaban J connectivity index is 1.40. The summed E-state index contributed by atoms with van der Waals surface area (Å²) in [5.41, 5.74) is 0.812. The van der Waals surface area contributed by atoms with Crippen molar-refractivity contribution in [2.45, 2.75) is 24.1 Å². The molecule has 29 heavy (non-hydrogen) atoms. The molecule has 1 N–H and O–H groups in total. The van der Waals surface area contributed by atoms with Crippen LogP contribution in [0.25, 0.3) is 0 Å². The number of benzene rings is 2. The summed E-state index contributed by atoms with van der Waals surface area (Å²) in [5, 5.41) is 10.5. The third-order valence-corrected chi connectivity index (χ3v) is 7.01. The highest BCUT2D eigenvalue weighted by Crippen LogP contribution is 2.62. The second-order valence-electron chi connectivity index (χ2n) is 7.52. The quantitative estimate of drug-likeness (QED) is 0.548. The number of hydrogen-bond acceptors (Lipinski definition) is 5. The number of piperidine rings is 1. The molecule has 1 saturated carbocycles. The van der Waals surface area contributed by atoms with Crippen LogP contribution in [0.4, 0.5) is 4.79 Å². The molecule has 7 heteroatoms. The highest BCUT2D eigenvalue weighted by molar-refractivity contribution is 9.09. The van der Waals surface area contributed by atoms with E-state index in [1.807, 2.05) is 60.7 Å². The fourth-order valence-corrected chi connectivity index (χ4v) is 5.30. The first-order valence-electron chi connectivity index (χ1n) is 9.51. The second kappa shape index (κ2) is 8.16. The third-order valence-electron chi connectivity index (χ3n) is 5.62. The van der Waals surface area contributed by atoms with Crippen LogP contribution in [0.5, 0.6) is 0 Å². The molecule has 4 rings (SSSR count). The minimum absolute atomic E-state index is 0.133. The van der Waals surface area contributed by atoms with Gasteiger partial charge in [0.1, 0.15) is 18.6 Å². The molecule has 2 aliphatic rings. The number of esters is 1. The average Bonchev–Trinajstić information content (AvgIpc) is 3.38. The van der Waals surface area contributed by atoms with Crippen LogP contribution in [-0.2, 0) is 27.5 Å². The van der Waals surface area contributed by atoms with Crippen molar-refractivity contribution in [3.05, 3.63) is 71.8 Å². The number of halogens is 1. The largest absolute Gasteiger partial charge is 0.460 e. The highest BCUT2D eigenvalue weighted by Gasteiger charge is 2.74. The SMILES string of the molecule is O=C(OCc1ccccc1)N1CC(O)C2C(Br)C2(C(=O)OCc2ccccc2)C1. The normalized spacial score (nSPS) is 27.7. The molecule has 4 unspecified atom stereocenters. The van der Waals surface area contributed by atoms with Gasteiger partial charge in [0, 0.05) is 17.3 Å². The molecule has 1 saturated heterocycles.